The van der Waals surface area contributed by atoms with Gasteiger partial charge in [-0.15, -0.1) is 0 Å². The second kappa shape index (κ2) is 5.63. The molecular weight excluding hydrogens is 280 g/mol. The molecule has 0 aliphatic heterocycles. The Balaban J connectivity index is 2.14. The fourth-order valence-electron chi connectivity index (χ4n) is 2.64. The normalized spacial score (nSPS) is 12.6. The molecule has 3 rings (SSSR count). The summed E-state index contributed by atoms with van der Waals surface area (Å²) in [6.45, 7) is 4.09. The summed E-state index contributed by atoms with van der Waals surface area (Å²) < 4.78 is 1.75. The van der Waals surface area contributed by atoms with Crippen LogP contribution in [0.2, 0.25) is 0 Å². The molecule has 2 N–H and O–H groups in total. The summed E-state index contributed by atoms with van der Waals surface area (Å²) in [6.07, 6.45) is 2.49. The van der Waals surface area contributed by atoms with Gasteiger partial charge in [0.25, 0.3) is 5.56 Å². The average Bonchev–Trinajstić information content (AvgIpc) is 2.83. The van der Waals surface area contributed by atoms with E-state index in [2.05, 4.69) is 15.5 Å². The summed E-state index contributed by atoms with van der Waals surface area (Å²) >= 11 is 0. The molecule has 0 fully saturated rings. The van der Waals surface area contributed by atoms with E-state index in [9.17, 15) is 9.59 Å². The Morgan fingerprint density at radius 1 is 1.36 bits per heavy atom. The third-order valence-electron chi connectivity index (χ3n) is 3.91. The molecule has 6 nitrogen and oxygen atoms in total. The van der Waals surface area contributed by atoms with Crippen molar-refractivity contribution in [2.24, 2.45) is 0 Å². The molecule has 114 valence electrons. The maximum atomic E-state index is 12.2. The lowest BCUT2D eigenvalue weighted by molar-refractivity contribution is -0.122. The van der Waals surface area contributed by atoms with E-state index in [1.807, 2.05) is 38.1 Å². The smallest absolute Gasteiger partial charge is 0.288 e. The molecule has 1 aromatic carbocycles. The van der Waals surface area contributed by atoms with Crippen LogP contribution in [0.4, 0.5) is 0 Å². The van der Waals surface area contributed by atoms with Gasteiger partial charge in [0.2, 0.25) is 5.91 Å². The van der Waals surface area contributed by atoms with Crippen LogP contribution in [0.1, 0.15) is 20.3 Å². The Kier molecular flexibility index (Phi) is 3.66. The molecule has 2 heterocycles. The van der Waals surface area contributed by atoms with Crippen LogP contribution in [0.25, 0.3) is 21.8 Å². The van der Waals surface area contributed by atoms with E-state index in [-0.39, 0.29) is 24.1 Å². The molecule has 0 saturated heterocycles. The molecule has 0 saturated carbocycles. The van der Waals surface area contributed by atoms with E-state index >= 15 is 0 Å². The minimum atomic E-state index is -0.287. The molecule has 2 aromatic heterocycles. The first-order chi connectivity index (χ1) is 10.6. The van der Waals surface area contributed by atoms with Crippen LogP contribution in [0.5, 0.6) is 0 Å². The molecule has 0 bridgehead atoms. The van der Waals surface area contributed by atoms with Gasteiger partial charge in [-0.3, -0.25) is 9.59 Å². The number of carbonyl (C=O) groups excluding carboxylic acids is 1. The Morgan fingerprint density at radius 2 is 2.14 bits per heavy atom. The van der Waals surface area contributed by atoms with Crippen LogP contribution < -0.4 is 10.9 Å². The van der Waals surface area contributed by atoms with Crippen molar-refractivity contribution >= 4 is 27.7 Å². The summed E-state index contributed by atoms with van der Waals surface area (Å²) in [5, 5.41) is 10.9. The van der Waals surface area contributed by atoms with Gasteiger partial charge < -0.3 is 9.88 Å². The predicted octanol–water partition coefficient (Wildman–Crippen LogP) is 1.79. The number of hydrogen-bond acceptors (Lipinski definition) is 3. The summed E-state index contributed by atoms with van der Waals surface area (Å²) in [6, 6.07) is 7.76. The van der Waals surface area contributed by atoms with Crippen molar-refractivity contribution < 1.29 is 4.79 Å². The van der Waals surface area contributed by atoms with Crippen molar-refractivity contribution in [2.45, 2.75) is 32.9 Å². The number of hydrogen-bond donors (Lipinski definition) is 2. The van der Waals surface area contributed by atoms with Crippen LogP contribution in [0, 0.1) is 0 Å². The first kappa shape index (κ1) is 14.3. The van der Waals surface area contributed by atoms with Crippen LogP contribution in [0.15, 0.2) is 35.3 Å². The van der Waals surface area contributed by atoms with Gasteiger partial charge in [-0.1, -0.05) is 25.1 Å². The minimum absolute atomic E-state index is 0.104. The van der Waals surface area contributed by atoms with E-state index in [1.54, 1.807) is 10.8 Å². The zero-order chi connectivity index (χ0) is 15.7. The average molecular weight is 298 g/mol. The van der Waals surface area contributed by atoms with Gasteiger partial charge in [-0.05, 0) is 19.4 Å². The Labute approximate surface area is 127 Å². The number of carbonyl (C=O) groups is 1. The molecule has 1 atom stereocenters. The topological polar surface area (TPSA) is 79.8 Å². The van der Waals surface area contributed by atoms with Gasteiger partial charge in [0.1, 0.15) is 12.1 Å². The molecule has 3 aromatic rings. The Hall–Kier alpha value is -2.63. The number of fused-ring (bicyclic) bond motifs is 3. The van der Waals surface area contributed by atoms with Gasteiger partial charge in [0.05, 0.1) is 6.20 Å². The van der Waals surface area contributed by atoms with Crippen molar-refractivity contribution in [1.82, 2.24) is 20.1 Å². The number of benzene rings is 1. The number of amides is 1. The number of aromatic amines is 1. The van der Waals surface area contributed by atoms with Crippen LogP contribution in [-0.4, -0.2) is 26.7 Å². The van der Waals surface area contributed by atoms with Crippen LogP contribution in [-0.2, 0) is 11.3 Å². The second-order valence-electron chi connectivity index (χ2n) is 5.44. The largest absolute Gasteiger partial charge is 0.352 e. The monoisotopic (exact) mass is 298 g/mol. The quantitative estimate of drug-likeness (QED) is 0.770. The molecule has 6 heteroatoms. The molecule has 0 aliphatic carbocycles. The number of nitrogens with zero attached hydrogens (tertiary/aromatic N) is 2. The zero-order valence-corrected chi connectivity index (χ0v) is 12.6. The van der Waals surface area contributed by atoms with Gasteiger partial charge in [-0.25, -0.2) is 5.10 Å². The van der Waals surface area contributed by atoms with Gasteiger partial charge in [0, 0.05) is 22.3 Å². The summed E-state index contributed by atoms with van der Waals surface area (Å²) in [4.78, 5) is 24.4. The van der Waals surface area contributed by atoms with Crippen molar-refractivity contribution in [2.75, 3.05) is 0 Å². The van der Waals surface area contributed by atoms with Gasteiger partial charge in [0.15, 0.2) is 0 Å². The lowest BCUT2D eigenvalue weighted by Crippen LogP contribution is -2.34. The van der Waals surface area contributed by atoms with E-state index in [4.69, 9.17) is 0 Å². The highest BCUT2D eigenvalue weighted by molar-refractivity contribution is 6.07. The highest BCUT2D eigenvalue weighted by Crippen LogP contribution is 2.25. The lowest BCUT2D eigenvalue weighted by Gasteiger charge is -2.12. The standard InChI is InChI=1S/C16H18N4O2/c1-3-10(2)18-14(21)9-20-13-7-5-4-6-11(13)12-8-17-19-16(22)15(12)20/h4-8,10H,3,9H2,1-2H3,(H,18,21)(H,19,22)/t10-/m1/s1. The van der Waals surface area contributed by atoms with Gasteiger partial charge in [-0.2, -0.15) is 5.10 Å². The molecule has 22 heavy (non-hydrogen) atoms. The summed E-state index contributed by atoms with van der Waals surface area (Å²) in [7, 11) is 0. The molecule has 1 amide bonds. The number of aromatic nitrogens is 3. The van der Waals surface area contributed by atoms with Crippen molar-refractivity contribution in [3.63, 3.8) is 0 Å². The van der Waals surface area contributed by atoms with Crippen molar-refractivity contribution in [3.05, 3.63) is 40.8 Å². The maximum absolute atomic E-state index is 12.2. The van der Waals surface area contributed by atoms with E-state index in [0.29, 0.717) is 5.52 Å². The Bertz CT molecular complexity index is 894. The minimum Gasteiger partial charge on any atom is -0.352 e. The molecule has 0 unspecified atom stereocenters. The zero-order valence-electron chi connectivity index (χ0n) is 12.6. The predicted molar refractivity (Wildman–Crippen MR) is 85.8 cm³/mol. The fraction of sp³-hybridized carbons (Fsp3) is 0.312. The highest BCUT2D eigenvalue weighted by atomic mass is 16.2. The molecular formula is C16H18N4O2. The third-order valence-corrected chi connectivity index (χ3v) is 3.91. The number of para-hydroxylation sites is 1. The lowest BCUT2D eigenvalue weighted by atomic mass is 10.2. The number of rotatable bonds is 4. The Morgan fingerprint density at radius 3 is 2.91 bits per heavy atom. The number of nitrogens with one attached hydrogen (secondary N) is 2. The van der Waals surface area contributed by atoms with Crippen LogP contribution in [0.3, 0.4) is 0 Å². The summed E-state index contributed by atoms with van der Waals surface area (Å²) in [5.74, 6) is -0.104. The maximum Gasteiger partial charge on any atom is 0.288 e. The van der Waals surface area contributed by atoms with Gasteiger partial charge >= 0.3 is 0 Å². The molecule has 0 radical (unpaired) electrons. The van der Waals surface area contributed by atoms with E-state index < -0.39 is 0 Å². The van der Waals surface area contributed by atoms with Crippen molar-refractivity contribution in [3.8, 4) is 0 Å². The SMILES string of the molecule is CC[C@@H](C)NC(=O)Cn1c2ccccc2c2cn[nH]c(=O)c21. The van der Waals surface area contributed by atoms with E-state index in [1.165, 1.54) is 0 Å². The molecule has 0 aliphatic rings. The highest BCUT2D eigenvalue weighted by Gasteiger charge is 2.16. The fourth-order valence-corrected chi connectivity index (χ4v) is 2.64. The third kappa shape index (κ3) is 2.36. The molecule has 0 spiro atoms. The second-order valence-corrected chi connectivity index (χ2v) is 5.44. The van der Waals surface area contributed by atoms with Crippen molar-refractivity contribution in [1.29, 1.82) is 0 Å². The first-order valence-electron chi connectivity index (χ1n) is 7.35. The summed E-state index contributed by atoms with van der Waals surface area (Å²) in [5.41, 5.74) is 1.05. The van der Waals surface area contributed by atoms with Crippen LogP contribution >= 0.6 is 0 Å². The number of H-pyrrole nitrogens is 1. The van der Waals surface area contributed by atoms with E-state index in [0.717, 1.165) is 22.7 Å². The first-order valence-corrected chi connectivity index (χ1v) is 7.35.